The molecule has 0 unspecified atom stereocenters. The molecule has 0 saturated heterocycles. The Balaban J connectivity index is 6.07. The first-order valence-electron chi connectivity index (χ1n) is 26.2. The highest BCUT2D eigenvalue weighted by Gasteiger charge is 2.21. The van der Waals surface area contributed by atoms with Gasteiger partial charge in [0.25, 0.3) is 0 Å². The van der Waals surface area contributed by atoms with Crippen LogP contribution in [0.5, 0.6) is 0 Å². The fourth-order valence-corrected chi connectivity index (χ4v) is 6.17. The molecule has 0 aromatic heterocycles. The summed E-state index contributed by atoms with van der Waals surface area (Å²) in [5.74, 6) is -1.98. The van der Waals surface area contributed by atoms with Gasteiger partial charge in [-0.1, -0.05) is 20.5 Å². The van der Waals surface area contributed by atoms with Crippen LogP contribution < -0.4 is 32.3 Å². The van der Waals surface area contributed by atoms with E-state index in [-0.39, 0.29) is 236 Å². The first-order valence-corrected chi connectivity index (χ1v) is 26.2. The van der Waals surface area contributed by atoms with E-state index in [1.54, 1.807) is 14.7 Å². The largest absolute Gasteiger partial charge is 0.379 e. The van der Waals surface area contributed by atoms with Gasteiger partial charge in [-0.3, -0.25) is 38.7 Å². The lowest BCUT2D eigenvalue weighted by Gasteiger charge is -2.29. The van der Waals surface area contributed by atoms with Crippen molar-refractivity contribution in [3.63, 3.8) is 0 Å². The van der Waals surface area contributed by atoms with Crippen molar-refractivity contribution in [3.8, 4) is 0 Å². The summed E-state index contributed by atoms with van der Waals surface area (Å²) in [5, 5.41) is 27.5. The summed E-state index contributed by atoms with van der Waals surface area (Å²) in [7, 11) is 0. The van der Waals surface area contributed by atoms with Crippen molar-refractivity contribution in [2.45, 2.75) is 0 Å². The summed E-state index contributed by atoms with van der Waals surface area (Å²) in [4.78, 5) is 82.2. The minimum absolute atomic E-state index is 0.117. The van der Waals surface area contributed by atoms with Crippen LogP contribution in [0.15, 0.2) is 20.5 Å². The van der Waals surface area contributed by atoms with Gasteiger partial charge in [-0.05, 0) is 22.1 Å². The van der Waals surface area contributed by atoms with Crippen LogP contribution in [0.3, 0.4) is 0 Å². The molecule has 0 aliphatic heterocycles. The van der Waals surface area contributed by atoms with Gasteiger partial charge < -0.3 is 79.7 Å². The van der Waals surface area contributed by atoms with Gasteiger partial charge in [0.1, 0.15) is 0 Å². The number of ether oxygens (including phenoxy) is 10. The van der Waals surface area contributed by atoms with E-state index in [4.69, 9.17) is 75.2 Å². The minimum Gasteiger partial charge on any atom is -0.379 e. The van der Waals surface area contributed by atoms with Gasteiger partial charge in [-0.2, -0.15) is 0 Å². The maximum absolute atomic E-state index is 13.4. The van der Waals surface area contributed by atoms with Crippen LogP contribution in [0.2, 0.25) is 0 Å². The van der Waals surface area contributed by atoms with Crippen molar-refractivity contribution in [3.05, 3.63) is 41.8 Å². The number of nitrogens with two attached hydrogens (primary N) is 1. The molecule has 80 heavy (non-hydrogen) atoms. The highest BCUT2D eigenvalue weighted by molar-refractivity contribution is 5.82. The summed E-state index contributed by atoms with van der Waals surface area (Å²) < 4.78 is 54.2. The third-order valence-corrected chi connectivity index (χ3v) is 9.86. The summed E-state index contributed by atoms with van der Waals surface area (Å²) >= 11 is 0. The van der Waals surface area contributed by atoms with Gasteiger partial charge in [0.15, 0.2) is 0 Å². The molecule has 0 saturated carbocycles. The SMILES string of the molecule is [N-]=[N+]=NCCOCCOCCNC(=O)CN(CCN(CCN(CC(=O)NCCOCCOCCN=[N+]=[N-])CC(=O)NCCOCCOCCN=[N+]=[N-])CC(=O)NCCOCCOCCN)CC(=O)NCCOCCOCCN=[N+]=[N-]. The van der Waals surface area contributed by atoms with Crippen LogP contribution in [0, 0.1) is 0 Å². The average molecular weight is 1150 g/mol. The second-order valence-corrected chi connectivity index (χ2v) is 16.2. The van der Waals surface area contributed by atoms with Crippen LogP contribution in [0.25, 0.3) is 41.8 Å². The van der Waals surface area contributed by atoms with E-state index in [0.29, 0.717) is 26.4 Å². The Morgan fingerprint density at radius 2 is 0.512 bits per heavy atom. The highest BCUT2D eigenvalue weighted by Crippen LogP contribution is 1.99. The van der Waals surface area contributed by atoms with Gasteiger partial charge in [-0.15, -0.1) is 0 Å². The second-order valence-electron chi connectivity index (χ2n) is 16.2. The monoisotopic (exact) mass is 1150 g/mol. The number of nitrogens with zero attached hydrogens (tertiary/aromatic N) is 15. The number of hydrogen-bond donors (Lipinski definition) is 6. The molecular weight excluding hydrogens is 1060 g/mol. The predicted octanol–water partition coefficient (Wildman–Crippen LogP) is -2.16. The molecule has 0 atom stereocenters. The molecule has 0 bridgehead atoms. The number of amides is 5. The van der Waals surface area contributed by atoms with Crippen LogP contribution in [0.1, 0.15) is 0 Å². The first-order chi connectivity index (χ1) is 39.2. The van der Waals surface area contributed by atoms with E-state index in [2.05, 4.69) is 66.7 Å². The molecule has 0 heterocycles. The molecule has 5 amide bonds. The van der Waals surface area contributed by atoms with Crippen LogP contribution >= 0.6 is 0 Å². The van der Waals surface area contributed by atoms with Crippen molar-refractivity contribution in [1.29, 1.82) is 0 Å². The third-order valence-electron chi connectivity index (χ3n) is 9.86. The molecule has 0 aliphatic carbocycles. The minimum atomic E-state index is -0.404. The topological polar surface area (TPSA) is 469 Å². The van der Waals surface area contributed by atoms with Crippen molar-refractivity contribution in [1.82, 2.24) is 41.3 Å². The Kier molecular flexibility index (Phi) is 54.7. The maximum atomic E-state index is 13.4. The molecule has 0 radical (unpaired) electrons. The van der Waals surface area contributed by atoms with Gasteiger partial charge in [0, 0.05) is 111 Å². The molecule has 0 fully saturated rings. The maximum Gasteiger partial charge on any atom is 0.234 e. The number of hydrogen-bond acceptors (Lipinski definition) is 23. The second kappa shape index (κ2) is 59.2. The van der Waals surface area contributed by atoms with Gasteiger partial charge >= 0.3 is 0 Å². The molecule has 0 rings (SSSR count). The number of rotatable bonds is 60. The number of carbonyl (C=O) groups is 5. The van der Waals surface area contributed by atoms with Gasteiger partial charge in [-0.25, -0.2) is 0 Å². The van der Waals surface area contributed by atoms with Crippen molar-refractivity contribution < 1.29 is 71.3 Å². The van der Waals surface area contributed by atoms with E-state index in [1.807, 2.05) is 0 Å². The molecule has 0 spiro atoms. The van der Waals surface area contributed by atoms with Crippen molar-refractivity contribution in [2.75, 3.05) is 256 Å². The fraction of sp³-hybridized carbons (Fsp3) is 0.886. The van der Waals surface area contributed by atoms with Crippen molar-refractivity contribution in [2.24, 2.45) is 26.2 Å². The zero-order valence-corrected chi connectivity index (χ0v) is 46.0. The van der Waals surface area contributed by atoms with E-state index in [9.17, 15) is 24.0 Å². The normalized spacial score (nSPS) is 10.8. The third kappa shape index (κ3) is 54.0. The average Bonchev–Trinajstić information content (AvgIpc) is 3.44. The molecule has 36 nitrogen and oxygen atoms in total. The quantitative estimate of drug-likeness (QED) is 0.0163. The summed E-state index contributed by atoms with van der Waals surface area (Å²) in [6.07, 6.45) is 0. The summed E-state index contributed by atoms with van der Waals surface area (Å²) in [6, 6.07) is 0. The fourth-order valence-electron chi connectivity index (χ4n) is 6.17. The number of azide groups is 4. The van der Waals surface area contributed by atoms with Crippen LogP contribution in [-0.2, 0) is 71.3 Å². The molecule has 7 N–H and O–H groups in total. The van der Waals surface area contributed by atoms with E-state index in [0.717, 1.165) is 0 Å². The lowest BCUT2D eigenvalue weighted by molar-refractivity contribution is -0.126. The molecule has 456 valence electrons. The Hall–Kier alpha value is -5.97. The van der Waals surface area contributed by atoms with Crippen LogP contribution in [-0.4, -0.2) is 301 Å². The van der Waals surface area contributed by atoms with Crippen molar-refractivity contribution >= 4 is 29.5 Å². The molecule has 0 aromatic rings. The Morgan fingerprint density at radius 1 is 0.312 bits per heavy atom. The van der Waals surface area contributed by atoms with E-state index in [1.165, 1.54) is 0 Å². The predicted molar refractivity (Wildman–Crippen MR) is 288 cm³/mol. The summed E-state index contributed by atoms with van der Waals surface area (Å²) in [6.45, 7) is 6.40. The van der Waals surface area contributed by atoms with Gasteiger partial charge in [0.05, 0.1) is 165 Å². The molecule has 36 heteroatoms. The Labute approximate surface area is 465 Å². The van der Waals surface area contributed by atoms with E-state index >= 15 is 0 Å². The van der Waals surface area contributed by atoms with Crippen LogP contribution in [0.4, 0.5) is 0 Å². The lowest BCUT2D eigenvalue weighted by atomic mass is 10.3. The highest BCUT2D eigenvalue weighted by atomic mass is 16.5. The Morgan fingerprint density at radius 3 is 0.738 bits per heavy atom. The smallest absolute Gasteiger partial charge is 0.234 e. The Bertz CT molecular complexity index is 1590. The number of nitrogens with one attached hydrogen (secondary N) is 5. The lowest BCUT2D eigenvalue weighted by Crippen LogP contribution is -2.50. The number of carbonyl (C=O) groups excluding carboxylic acids is 5. The van der Waals surface area contributed by atoms with Gasteiger partial charge in [0.2, 0.25) is 29.5 Å². The molecule has 0 aromatic carbocycles. The zero-order chi connectivity index (χ0) is 58.5. The van der Waals surface area contributed by atoms with E-state index < -0.39 is 23.6 Å². The standard InChI is InChI=1S/C44H85N21O15/c45-1-15-71-25-26-72-16-2-50-40(66)35-63(11-13-64(36-41(67)51-3-17-73-27-31-77-21-7-55-59-46)37-42(68)52-4-18-74-28-32-78-22-8-56-60-47)12-14-65(38-43(69)53-5-19-75-29-33-79-23-9-57-61-48)39-44(70)54-6-20-76-30-34-80-24-10-58-62-49/h1-39,45H2,(H,50,66)(H,51,67)(H,52,68)(H,53,69)(H,54,70). The molecular formula is C44H85N21O15. The summed E-state index contributed by atoms with van der Waals surface area (Å²) in [5.41, 5.74) is 39.0. The molecule has 0 aliphatic rings. The zero-order valence-electron chi connectivity index (χ0n) is 46.0. The first kappa shape index (κ1) is 74.0.